The van der Waals surface area contributed by atoms with E-state index in [1.54, 1.807) is 45.7 Å². The third-order valence-electron chi connectivity index (χ3n) is 8.80. The molecule has 0 N–H and O–H groups in total. The molecule has 48 heavy (non-hydrogen) atoms. The van der Waals surface area contributed by atoms with E-state index >= 15 is 0 Å². The first kappa shape index (κ1) is 35.0. The fraction of sp³-hybridized carbons (Fsp3) is 0.531. The van der Waals surface area contributed by atoms with Crippen molar-refractivity contribution in [3.63, 3.8) is 0 Å². The Morgan fingerprint density at radius 1 is 0.958 bits per heavy atom. The summed E-state index contributed by atoms with van der Waals surface area (Å²) >= 11 is 0. The van der Waals surface area contributed by atoms with Gasteiger partial charge in [-0.15, -0.1) is 0 Å². The molecule has 260 valence electrons. The highest BCUT2D eigenvalue weighted by Crippen LogP contribution is 2.38. The highest BCUT2D eigenvalue weighted by molar-refractivity contribution is 5.78. The third kappa shape index (κ3) is 7.84. The lowest BCUT2D eigenvalue weighted by Crippen LogP contribution is -2.51. The molecule has 2 aliphatic rings. The SMILES string of the molecule is CCOC(=O)C1CCCN(C(=O)N2C[C@@H](N(Cc3cc(C(F)(F)F)cc(C(F)(F)F)c3)c3ncc(-c4cnn(C)c4)cn3)C[C@H]2CC)C1. The quantitative estimate of drug-likeness (QED) is 0.207. The Morgan fingerprint density at radius 3 is 2.19 bits per heavy atom. The van der Waals surface area contributed by atoms with Crippen LogP contribution >= 0.6 is 0 Å². The number of aromatic nitrogens is 4. The van der Waals surface area contributed by atoms with Crippen LogP contribution in [0.25, 0.3) is 11.1 Å². The summed E-state index contributed by atoms with van der Waals surface area (Å²) in [5.74, 6) is -0.727. The van der Waals surface area contributed by atoms with E-state index in [1.807, 2.05) is 6.92 Å². The van der Waals surface area contributed by atoms with Gasteiger partial charge in [-0.25, -0.2) is 14.8 Å². The minimum absolute atomic E-state index is 0.0862. The molecule has 0 radical (unpaired) electrons. The molecule has 0 saturated carbocycles. The van der Waals surface area contributed by atoms with Crippen LogP contribution in [-0.2, 0) is 35.5 Å². The Kier molecular flexibility index (Phi) is 10.2. The van der Waals surface area contributed by atoms with Crippen LogP contribution in [0.1, 0.15) is 56.2 Å². The van der Waals surface area contributed by atoms with Gasteiger partial charge in [0.25, 0.3) is 0 Å². The van der Waals surface area contributed by atoms with Crippen LogP contribution in [0.2, 0.25) is 0 Å². The summed E-state index contributed by atoms with van der Waals surface area (Å²) in [5, 5.41) is 4.13. The number of aryl methyl sites for hydroxylation is 1. The Hall–Kier alpha value is -4.37. The van der Waals surface area contributed by atoms with Crippen LogP contribution in [-0.4, -0.2) is 79.9 Å². The minimum Gasteiger partial charge on any atom is -0.466 e. The van der Waals surface area contributed by atoms with Gasteiger partial charge in [-0.2, -0.15) is 31.4 Å². The molecule has 2 fully saturated rings. The average Bonchev–Trinajstić information content (AvgIpc) is 3.69. The van der Waals surface area contributed by atoms with Crippen LogP contribution in [0, 0.1) is 5.92 Å². The number of alkyl halides is 6. The number of hydrogen-bond donors (Lipinski definition) is 0. The van der Waals surface area contributed by atoms with Gasteiger partial charge < -0.3 is 19.4 Å². The molecule has 2 aromatic heterocycles. The first-order chi connectivity index (χ1) is 22.7. The van der Waals surface area contributed by atoms with Crippen molar-refractivity contribution in [2.75, 3.05) is 31.1 Å². The Balaban J connectivity index is 1.47. The highest BCUT2D eigenvalue weighted by atomic mass is 19.4. The second-order valence-electron chi connectivity index (χ2n) is 12.1. The molecule has 4 heterocycles. The zero-order chi connectivity index (χ0) is 34.8. The van der Waals surface area contributed by atoms with Gasteiger partial charge in [-0.3, -0.25) is 9.48 Å². The Morgan fingerprint density at radius 2 is 1.62 bits per heavy atom. The van der Waals surface area contributed by atoms with Crippen LogP contribution in [0.5, 0.6) is 0 Å². The largest absolute Gasteiger partial charge is 0.466 e. The number of anilines is 1. The summed E-state index contributed by atoms with van der Waals surface area (Å²) in [5.41, 5.74) is -1.74. The average molecular weight is 682 g/mol. The molecule has 0 aliphatic carbocycles. The molecule has 1 unspecified atom stereocenters. The number of esters is 1. The number of nitrogens with zero attached hydrogens (tertiary/aromatic N) is 7. The molecule has 2 amide bonds. The van der Waals surface area contributed by atoms with E-state index in [1.165, 1.54) is 12.4 Å². The van der Waals surface area contributed by atoms with Gasteiger partial charge in [0, 0.05) is 69.0 Å². The lowest BCUT2D eigenvalue weighted by molar-refractivity contribution is -0.149. The number of hydrogen-bond acceptors (Lipinski definition) is 7. The molecule has 3 aromatic rings. The van der Waals surface area contributed by atoms with Gasteiger partial charge in [0.15, 0.2) is 0 Å². The second kappa shape index (κ2) is 14.0. The minimum atomic E-state index is -5.01. The number of rotatable bonds is 8. The first-order valence-electron chi connectivity index (χ1n) is 15.8. The van der Waals surface area contributed by atoms with Crippen LogP contribution in [0.15, 0.2) is 43.0 Å². The normalized spacial score (nSPS) is 20.2. The molecule has 10 nitrogen and oxygen atoms in total. The molecule has 3 atom stereocenters. The van der Waals surface area contributed by atoms with Gasteiger partial charge in [-0.05, 0) is 56.4 Å². The Bertz CT molecular complexity index is 1560. The van der Waals surface area contributed by atoms with Gasteiger partial charge in [-0.1, -0.05) is 6.92 Å². The maximum atomic E-state index is 13.9. The standard InChI is InChI=1S/C32H37F6N7O3/c1-4-26-12-27(19-45(26)30(47)43-8-6-7-21(18-43)28(46)48-5-2)44(29-39-13-22(14-40-29)23-15-41-42(3)17-23)16-20-9-24(31(33,34)35)11-25(10-20)32(36,37)38/h9-11,13-15,17,21,26-27H,4-8,12,16,18-19H2,1-3H3/t21?,26-,27+/m1/s1. The summed E-state index contributed by atoms with van der Waals surface area (Å²) < 4.78 is 89.3. The molecule has 16 heteroatoms. The van der Waals surface area contributed by atoms with E-state index in [0.29, 0.717) is 49.9 Å². The van der Waals surface area contributed by atoms with E-state index in [4.69, 9.17) is 4.74 Å². The highest BCUT2D eigenvalue weighted by Gasteiger charge is 2.42. The van der Waals surface area contributed by atoms with Crippen molar-refractivity contribution in [2.45, 2.75) is 70.5 Å². The number of amides is 2. The summed E-state index contributed by atoms with van der Waals surface area (Å²) in [6.45, 7) is 4.23. The summed E-state index contributed by atoms with van der Waals surface area (Å²) in [6.07, 6.45) is -1.51. The van der Waals surface area contributed by atoms with Gasteiger partial charge in [0.05, 0.1) is 35.9 Å². The van der Waals surface area contributed by atoms with E-state index in [-0.39, 0.29) is 61.9 Å². The van der Waals surface area contributed by atoms with Gasteiger partial charge in [0.2, 0.25) is 5.95 Å². The first-order valence-corrected chi connectivity index (χ1v) is 15.8. The number of halogens is 6. The zero-order valence-electron chi connectivity index (χ0n) is 26.8. The summed E-state index contributed by atoms with van der Waals surface area (Å²) in [4.78, 5) is 40.1. The number of urea groups is 1. The predicted molar refractivity (Wildman–Crippen MR) is 162 cm³/mol. The number of carbonyl (C=O) groups excluding carboxylic acids is 2. The molecule has 0 spiro atoms. The zero-order valence-corrected chi connectivity index (χ0v) is 26.8. The van der Waals surface area contributed by atoms with E-state index < -0.39 is 35.4 Å². The third-order valence-corrected chi connectivity index (χ3v) is 8.80. The van der Waals surface area contributed by atoms with Crippen molar-refractivity contribution in [3.05, 3.63) is 59.7 Å². The van der Waals surface area contributed by atoms with Crippen molar-refractivity contribution in [1.29, 1.82) is 0 Å². The monoisotopic (exact) mass is 681 g/mol. The number of piperidine rings is 1. The number of ether oxygens (including phenoxy) is 1. The predicted octanol–water partition coefficient (Wildman–Crippen LogP) is 6.17. The lowest BCUT2D eigenvalue weighted by Gasteiger charge is -2.36. The van der Waals surface area contributed by atoms with Crippen LogP contribution in [0.4, 0.5) is 37.1 Å². The maximum Gasteiger partial charge on any atom is 0.416 e. The molecular formula is C32H37F6N7O3. The molecule has 2 saturated heterocycles. The number of likely N-dealkylation sites (tertiary alicyclic amines) is 2. The van der Waals surface area contributed by atoms with Crippen molar-refractivity contribution < 1.29 is 40.7 Å². The molecule has 1 aromatic carbocycles. The molecule has 2 aliphatic heterocycles. The van der Waals surface area contributed by atoms with Crippen molar-refractivity contribution >= 4 is 17.9 Å². The van der Waals surface area contributed by atoms with E-state index in [2.05, 4.69) is 15.1 Å². The second-order valence-corrected chi connectivity index (χ2v) is 12.1. The van der Waals surface area contributed by atoms with Crippen molar-refractivity contribution in [1.82, 2.24) is 29.5 Å². The topological polar surface area (TPSA) is 96.7 Å². The van der Waals surface area contributed by atoms with Crippen LogP contribution in [0.3, 0.4) is 0 Å². The van der Waals surface area contributed by atoms with Gasteiger partial charge in [0.1, 0.15) is 0 Å². The maximum absolute atomic E-state index is 13.9. The van der Waals surface area contributed by atoms with Crippen molar-refractivity contribution in [3.8, 4) is 11.1 Å². The lowest BCUT2D eigenvalue weighted by atomic mass is 9.98. The smallest absolute Gasteiger partial charge is 0.416 e. The fourth-order valence-corrected chi connectivity index (χ4v) is 6.38. The van der Waals surface area contributed by atoms with Crippen molar-refractivity contribution in [2.24, 2.45) is 13.0 Å². The summed E-state index contributed by atoms with van der Waals surface area (Å²) in [6, 6.07) is 0.380. The number of benzene rings is 1. The molecule has 0 bridgehead atoms. The van der Waals surface area contributed by atoms with E-state index in [9.17, 15) is 35.9 Å². The van der Waals surface area contributed by atoms with E-state index in [0.717, 1.165) is 5.56 Å². The number of carbonyl (C=O) groups is 2. The van der Waals surface area contributed by atoms with Crippen LogP contribution < -0.4 is 4.90 Å². The summed E-state index contributed by atoms with van der Waals surface area (Å²) in [7, 11) is 1.74. The Labute approximate surface area is 273 Å². The molecular weight excluding hydrogens is 644 g/mol. The fourth-order valence-electron chi connectivity index (χ4n) is 6.38. The van der Waals surface area contributed by atoms with Gasteiger partial charge >= 0.3 is 24.4 Å². The molecule has 5 rings (SSSR count).